The summed E-state index contributed by atoms with van der Waals surface area (Å²) in [6, 6.07) is 9.51. The second kappa shape index (κ2) is 15.1. The first kappa shape index (κ1) is 30.7. The zero-order valence-corrected chi connectivity index (χ0v) is 22.3. The lowest BCUT2D eigenvalue weighted by atomic mass is 9.91. The number of pyridine rings is 1. The van der Waals surface area contributed by atoms with Crippen molar-refractivity contribution in [2.75, 3.05) is 33.7 Å². The van der Waals surface area contributed by atoms with Crippen LogP contribution in [0.25, 0.3) is 0 Å². The molecule has 4 atom stereocenters. The summed E-state index contributed by atoms with van der Waals surface area (Å²) in [7, 11) is 1.35. The number of carbonyl (C=O) groups is 3. The SMILES string of the molecule is COc1ccnc(C(=O)NC2COCC(Cc3ccccc3)C(OCC(F)F)C(C)OC2=O)c1OCOC(C)=O. The zero-order valence-electron chi connectivity index (χ0n) is 22.3. The topological polar surface area (TPSA) is 132 Å². The van der Waals surface area contributed by atoms with Gasteiger partial charge >= 0.3 is 11.9 Å². The summed E-state index contributed by atoms with van der Waals surface area (Å²) in [6.07, 6.45) is -2.82. The number of nitrogens with zero attached hydrogens (tertiary/aromatic N) is 1. The third kappa shape index (κ3) is 8.85. The predicted octanol–water partition coefficient (Wildman–Crippen LogP) is 2.56. The summed E-state index contributed by atoms with van der Waals surface area (Å²) in [5.41, 5.74) is 0.682. The molecule has 0 aliphatic carbocycles. The molecule has 2 heterocycles. The number of hydrogen-bond acceptors (Lipinski definition) is 10. The molecule has 13 heteroatoms. The Morgan fingerprint density at radius 1 is 1.18 bits per heavy atom. The molecule has 40 heavy (non-hydrogen) atoms. The van der Waals surface area contributed by atoms with Crippen molar-refractivity contribution in [1.29, 1.82) is 0 Å². The van der Waals surface area contributed by atoms with Crippen LogP contribution in [0.2, 0.25) is 0 Å². The van der Waals surface area contributed by atoms with Crippen molar-refractivity contribution in [3.05, 3.63) is 53.9 Å². The normalized spacial score (nSPS) is 21.4. The lowest BCUT2D eigenvalue weighted by molar-refractivity contribution is -0.162. The Labute approximate surface area is 230 Å². The Bertz CT molecular complexity index is 1140. The van der Waals surface area contributed by atoms with Gasteiger partial charge in [-0.2, -0.15) is 0 Å². The van der Waals surface area contributed by atoms with E-state index in [0.717, 1.165) is 5.56 Å². The molecule has 0 bridgehead atoms. The number of rotatable bonds is 11. The average Bonchev–Trinajstić information content (AvgIpc) is 2.96. The van der Waals surface area contributed by atoms with Crippen molar-refractivity contribution in [3.63, 3.8) is 0 Å². The van der Waals surface area contributed by atoms with Crippen LogP contribution in [-0.4, -0.2) is 81.2 Å². The van der Waals surface area contributed by atoms with Gasteiger partial charge in [-0.15, -0.1) is 0 Å². The van der Waals surface area contributed by atoms with Gasteiger partial charge in [-0.3, -0.25) is 9.59 Å². The Morgan fingerprint density at radius 3 is 2.60 bits per heavy atom. The van der Waals surface area contributed by atoms with E-state index in [1.54, 1.807) is 6.92 Å². The van der Waals surface area contributed by atoms with Crippen molar-refractivity contribution < 1.29 is 51.6 Å². The lowest BCUT2D eigenvalue weighted by Crippen LogP contribution is -2.46. The van der Waals surface area contributed by atoms with Crippen LogP contribution in [0.3, 0.4) is 0 Å². The molecule has 1 fully saturated rings. The standard InChI is InChI=1S/C27H32F2N2O9/c1-16-24(37-14-22(28)29)19(11-18-7-5-4-6-8-18)12-36-13-20(27(34)40-16)31-26(33)23-25(39-15-38-17(2)32)21(35-3)9-10-30-23/h4-10,16,19-20,22,24H,11-15H2,1-3H3,(H,31,33). The number of cyclic esters (lactones) is 1. The van der Waals surface area contributed by atoms with Crippen molar-refractivity contribution in [1.82, 2.24) is 10.3 Å². The number of carbonyl (C=O) groups excluding carboxylic acids is 3. The number of amides is 1. The number of methoxy groups -OCH3 is 1. The first-order valence-corrected chi connectivity index (χ1v) is 12.5. The van der Waals surface area contributed by atoms with Gasteiger partial charge in [0.1, 0.15) is 12.7 Å². The van der Waals surface area contributed by atoms with Crippen LogP contribution in [0.1, 0.15) is 29.9 Å². The van der Waals surface area contributed by atoms with Gasteiger partial charge in [0.2, 0.25) is 6.79 Å². The third-order valence-corrected chi connectivity index (χ3v) is 5.96. The molecule has 2 aromatic rings. The fourth-order valence-corrected chi connectivity index (χ4v) is 4.15. The van der Waals surface area contributed by atoms with E-state index in [4.69, 9.17) is 28.4 Å². The van der Waals surface area contributed by atoms with Gasteiger partial charge < -0.3 is 33.7 Å². The van der Waals surface area contributed by atoms with Gasteiger partial charge in [-0.1, -0.05) is 30.3 Å². The second-order valence-electron chi connectivity index (χ2n) is 8.93. The minimum atomic E-state index is -2.71. The molecule has 1 amide bonds. The zero-order chi connectivity index (χ0) is 29.1. The van der Waals surface area contributed by atoms with Gasteiger partial charge in [-0.25, -0.2) is 18.6 Å². The van der Waals surface area contributed by atoms with Gasteiger partial charge in [0.05, 0.1) is 26.4 Å². The van der Waals surface area contributed by atoms with Crippen molar-refractivity contribution in [2.24, 2.45) is 5.92 Å². The highest BCUT2D eigenvalue weighted by molar-refractivity contribution is 5.98. The predicted molar refractivity (Wildman–Crippen MR) is 135 cm³/mol. The largest absolute Gasteiger partial charge is 0.493 e. The number of benzene rings is 1. The molecule has 1 aromatic carbocycles. The Morgan fingerprint density at radius 2 is 1.93 bits per heavy atom. The molecule has 1 saturated heterocycles. The summed E-state index contributed by atoms with van der Waals surface area (Å²) in [4.78, 5) is 41.3. The monoisotopic (exact) mass is 566 g/mol. The summed E-state index contributed by atoms with van der Waals surface area (Å²) in [5, 5.41) is 2.52. The Balaban J connectivity index is 1.78. The van der Waals surface area contributed by atoms with E-state index in [1.807, 2.05) is 30.3 Å². The Hall–Kier alpha value is -3.84. The minimum absolute atomic E-state index is 0.0459. The van der Waals surface area contributed by atoms with Crippen LogP contribution in [0.5, 0.6) is 11.5 Å². The molecule has 218 valence electrons. The molecule has 0 spiro atoms. The molecule has 4 unspecified atom stereocenters. The van der Waals surface area contributed by atoms with Gasteiger partial charge in [-0.05, 0) is 18.9 Å². The first-order valence-electron chi connectivity index (χ1n) is 12.5. The molecule has 1 N–H and O–H groups in total. The van der Waals surface area contributed by atoms with E-state index in [2.05, 4.69) is 10.3 Å². The molecule has 0 radical (unpaired) electrons. The molecule has 1 aliphatic heterocycles. The molecular formula is C27H32F2N2O9. The van der Waals surface area contributed by atoms with Gasteiger partial charge in [0.25, 0.3) is 12.3 Å². The number of nitrogens with one attached hydrogen (secondary N) is 1. The summed E-state index contributed by atoms with van der Waals surface area (Å²) >= 11 is 0. The maximum absolute atomic E-state index is 13.2. The molecule has 11 nitrogen and oxygen atoms in total. The highest BCUT2D eigenvalue weighted by Crippen LogP contribution is 2.30. The number of ether oxygens (including phenoxy) is 6. The molecule has 3 rings (SSSR count). The van der Waals surface area contributed by atoms with E-state index in [1.165, 1.54) is 26.3 Å². The third-order valence-electron chi connectivity index (χ3n) is 5.96. The number of hydrogen-bond donors (Lipinski definition) is 1. The molecular weight excluding hydrogens is 534 g/mol. The van der Waals surface area contributed by atoms with Crippen molar-refractivity contribution in [3.8, 4) is 11.5 Å². The van der Waals surface area contributed by atoms with Gasteiger partial charge in [0, 0.05) is 25.1 Å². The summed E-state index contributed by atoms with van der Waals surface area (Å²) in [5.74, 6) is -2.68. The van der Waals surface area contributed by atoms with Crippen LogP contribution >= 0.6 is 0 Å². The second-order valence-corrected chi connectivity index (χ2v) is 8.93. The maximum atomic E-state index is 13.2. The molecule has 0 saturated carbocycles. The number of alkyl halides is 2. The highest BCUT2D eigenvalue weighted by atomic mass is 19.3. The average molecular weight is 567 g/mol. The van der Waals surface area contributed by atoms with Crippen LogP contribution < -0.4 is 14.8 Å². The Kier molecular flexibility index (Phi) is 11.6. The summed E-state index contributed by atoms with van der Waals surface area (Å²) in [6.45, 7) is 1.17. The van der Waals surface area contributed by atoms with E-state index in [-0.39, 0.29) is 30.4 Å². The van der Waals surface area contributed by atoms with Crippen LogP contribution in [-0.2, 0) is 35.0 Å². The first-order chi connectivity index (χ1) is 19.2. The van der Waals surface area contributed by atoms with Crippen LogP contribution in [0.15, 0.2) is 42.6 Å². The highest BCUT2D eigenvalue weighted by Gasteiger charge is 2.36. The molecule has 1 aromatic heterocycles. The minimum Gasteiger partial charge on any atom is -0.493 e. The quantitative estimate of drug-likeness (QED) is 0.320. The summed E-state index contributed by atoms with van der Waals surface area (Å²) < 4.78 is 58.3. The number of halogens is 2. The van der Waals surface area contributed by atoms with E-state index >= 15 is 0 Å². The van der Waals surface area contributed by atoms with Crippen LogP contribution in [0.4, 0.5) is 8.78 Å². The van der Waals surface area contributed by atoms with Gasteiger partial charge in [0.15, 0.2) is 23.2 Å². The van der Waals surface area contributed by atoms with Crippen molar-refractivity contribution in [2.45, 2.75) is 44.9 Å². The molecule has 1 aliphatic rings. The lowest BCUT2D eigenvalue weighted by Gasteiger charge is -2.30. The smallest absolute Gasteiger partial charge is 0.331 e. The van der Waals surface area contributed by atoms with Crippen LogP contribution in [0, 0.1) is 5.92 Å². The maximum Gasteiger partial charge on any atom is 0.331 e. The fourth-order valence-electron chi connectivity index (χ4n) is 4.15. The number of aromatic nitrogens is 1. The van der Waals surface area contributed by atoms with E-state index in [0.29, 0.717) is 6.42 Å². The fraction of sp³-hybridized carbons (Fsp3) is 0.481. The van der Waals surface area contributed by atoms with Crippen molar-refractivity contribution >= 4 is 17.8 Å². The number of esters is 2. The van der Waals surface area contributed by atoms with E-state index < -0.39 is 61.8 Å². The van der Waals surface area contributed by atoms with E-state index in [9.17, 15) is 23.2 Å².